The first kappa shape index (κ1) is 21.5. The van der Waals surface area contributed by atoms with E-state index >= 15 is 0 Å². The van der Waals surface area contributed by atoms with E-state index in [9.17, 15) is 0 Å². The maximum atomic E-state index is 5.82. The molecule has 1 N–H and O–H groups in total. The Labute approximate surface area is 187 Å². The number of anilines is 2. The molecule has 4 aromatic rings. The summed E-state index contributed by atoms with van der Waals surface area (Å²) in [5.74, 6) is 2.57. The second-order valence-corrected chi connectivity index (χ2v) is 7.02. The van der Waals surface area contributed by atoms with Gasteiger partial charge in [0.15, 0.2) is 17.3 Å². The molecule has 0 aliphatic carbocycles. The number of nitrogens with one attached hydrogen (secondary N) is 1. The Morgan fingerprint density at radius 1 is 0.875 bits per heavy atom. The van der Waals surface area contributed by atoms with Crippen molar-refractivity contribution in [2.75, 3.05) is 25.6 Å². The summed E-state index contributed by atoms with van der Waals surface area (Å²) in [6.07, 6.45) is 1.79. The van der Waals surface area contributed by atoms with Crippen molar-refractivity contribution in [3.8, 4) is 22.8 Å². The fourth-order valence-corrected chi connectivity index (χ4v) is 3.44. The third-order valence-corrected chi connectivity index (χ3v) is 4.77. The predicted molar refractivity (Wildman–Crippen MR) is 126 cm³/mol. The van der Waals surface area contributed by atoms with Crippen molar-refractivity contribution in [1.29, 1.82) is 0 Å². The molecular formula is C25H26N4O3. The average Bonchev–Trinajstić information content (AvgIpc) is 2.81. The molecule has 2 aromatic heterocycles. The molecule has 0 radical (unpaired) electrons. The molecule has 4 rings (SSSR count). The number of benzene rings is 2. The van der Waals surface area contributed by atoms with Gasteiger partial charge in [-0.25, -0.2) is 9.97 Å². The second-order valence-electron chi connectivity index (χ2n) is 7.02. The van der Waals surface area contributed by atoms with Crippen molar-refractivity contribution in [3.63, 3.8) is 0 Å². The Hall–Kier alpha value is -3.71. The van der Waals surface area contributed by atoms with Crippen LogP contribution in [0.5, 0.6) is 11.5 Å². The smallest absolute Gasteiger partial charge is 0.163 e. The number of hydrogen-bond donors (Lipinski definition) is 1. The van der Waals surface area contributed by atoms with Crippen LogP contribution in [0.3, 0.4) is 0 Å². The predicted octanol–water partition coefficient (Wildman–Crippen LogP) is 5.38. The van der Waals surface area contributed by atoms with Gasteiger partial charge in [0.05, 0.1) is 24.4 Å². The number of rotatable bonds is 9. The Bertz CT molecular complexity index is 1200. The summed E-state index contributed by atoms with van der Waals surface area (Å²) in [7, 11) is 1.63. The molecule has 0 aliphatic rings. The maximum Gasteiger partial charge on any atom is 0.163 e. The summed E-state index contributed by atoms with van der Waals surface area (Å²) in [5, 5.41) is 4.28. The SMILES string of the molecule is CCOc1cc2nc(COC)nc(Nc3cccc(-c4ccccn4)c3)c2cc1OCC. The summed E-state index contributed by atoms with van der Waals surface area (Å²) in [5.41, 5.74) is 3.56. The van der Waals surface area contributed by atoms with Gasteiger partial charge in [-0.3, -0.25) is 4.98 Å². The lowest BCUT2D eigenvalue weighted by Crippen LogP contribution is -2.05. The van der Waals surface area contributed by atoms with E-state index in [1.54, 1.807) is 13.3 Å². The van der Waals surface area contributed by atoms with Gasteiger partial charge in [-0.1, -0.05) is 18.2 Å². The van der Waals surface area contributed by atoms with Gasteiger partial charge < -0.3 is 19.5 Å². The molecule has 7 heteroatoms. The molecule has 0 atom stereocenters. The molecule has 0 fully saturated rings. The van der Waals surface area contributed by atoms with Crippen LogP contribution in [0.15, 0.2) is 60.8 Å². The fourth-order valence-electron chi connectivity index (χ4n) is 3.44. The highest BCUT2D eigenvalue weighted by atomic mass is 16.5. The normalized spacial score (nSPS) is 10.8. The van der Waals surface area contributed by atoms with Crippen LogP contribution in [0.1, 0.15) is 19.7 Å². The van der Waals surface area contributed by atoms with Gasteiger partial charge in [-0.15, -0.1) is 0 Å². The second kappa shape index (κ2) is 10.1. The van der Waals surface area contributed by atoms with Crippen LogP contribution >= 0.6 is 0 Å². The monoisotopic (exact) mass is 430 g/mol. The van der Waals surface area contributed by atoms with Gasteiger partial charge in [0, 0.05) is 36.0 Å². The van der Waals surface area contributed by atoms with E-state index in [-0.39, 0.29) is 0 Å². The minimum atomic E-state index is 0.301. The van der Waals surface area contributed by atoms with Gasteiger partial charge >= 0.3 is 0 Å². The minimum Gasteiger partial charge on any atom is -0.490 e. The van der Waals surface area contributed by atoms with Crippen molar-refractivity contribution in [1.82, 2.24) is 15.0 Å². The summed E-state index contributed by atoms with van der Waals surface area (Å²) in [4.78, 5) is 13.8. The molecule has 7 nitrogen and oxygen atoms in total. The van der Waals surface area contributed by atoms with E-state index < -0.39 is 0 Å². The van der Waals surface area contributed by atoms with Crippen LogP contribution in [0.2, 0.25) is 0 Å². The number of aromatic nitrogens is 3. The Balaban J connectivity index is 1.79. The summed E-state index contributed by atoms with van der Waals surface area (Å²) < 4.78 is 16.9. The molecule has 164 valence electrons. The topological polar surface area (TPSA) is 78.4 Å². The third kappa shape index (κ3) is 4.78. The van der Waals surface area contributed by atoms with Crippen LogP contribution in [0.4, 0.5) is 11.5 Å². The van der Waals surface area contributed by atoms with E-state index in [4.69, 9.17) is 19.2 Å². The number of hydrogen-bond acceptors (Lipinski definition) is 7. The van der Waals surface area contributed by atoms with Gasteiger partial charge in [0.25, 0.3) is 0 Å². The summed E-state index contributed by atoms with van der Waals surface area (Å²) in [6, 6.07) is 17.7. The van der Waals surface area contributed by atoms with Crippen molar-refractivity contribution >= 4 is 22.4 Å². The largest absolute Gasteiger partial charge is 0.490 e. The van der Waals surface area contributed by atoms with E-state index in [0.29, 0.717) is 43.0 Å². The van der Waals surface area contributed by atoms with Crippen molar-refractivity contribution in [2.45, 2.75) is 20.5 Å². The standard InChI is InChI=1S/C25H26N4O3/c1-4-31-22-14-19-21(15-23(22)32-5-2)28-24(16-30-3)29-25(19)27-18-10-8-9-17(13-18)20-11-6-7-12-26-20/h6-15H,4-5,16H2,1-3H3,(H,27,28,29). The fraction of sp³-hybridized carbons (Fsp3) is 0.240. The van der Waals surface area contributed by atoms with Crippen LogP contribution < -0.4 is 14.8 Å². The molecule has 0 spiro atoms. The summed E-state index contributed by atoms with van der Waals surface area (Å²) >= 11 is 0. The van der Waals surface area contributed by atoms with Crippen LogP contribution in [0, 0.1) is 0 Å². The molecule has 0 aliphatic heterocycles. The maximum absolute atomic E-state index is 5.82. The first-order chi connectivity index (χ1) is 15.7. The zero-order chi connectivity index (χ0) is 22.3. The Kier molecular flexibility index (Phi) is 6.77. The molecule has 0 bridgehead atoms. The van der Waals surface area contributed by atoms with Crippen LogP contribution in [-0.4, -0.2) is 35.3 Å². The first-order valence-electron chi connectivity index (χ1n) is 10.6. The van der Waals surface area contributed by atoms with Gasteiger partial charge in [-0.05, 0) is 44.2 Å². The minimum absolute atomic E-state index is 0.301. The number of fused-ring (bicyclic) bond motifs is 1. The van der Waals surface area contributed by atoms with Gasteiger partial charge in [-0.2, -0.15) is 0 Å². The first-order valence-corrected chi connectivity index (χ1v) is 10.6. The Morgan fingerprint density at radius 3 is 2.41 bits per heavy atom. The van der Waals surface area contributed by atoms with E-state index in [1.165, 1.54) is 0 Å². The van der Waals surface area contributed by atoms with E-state index in [2.05, 4.69) is 15.3 Å². The molecule has 0 saturated heterocycles. The Morgan fingerprint density at radius 2 is 1.69 bits per heavy atom. The van der Waals surface area contributed by atoms with Gasteiger partial charge in [0.2, 0.25) is 0 Å². The highest BCUT2D eigenvalue weighted by Gasteiger charge is 2.15. The number of pyridine rings is 1. The highest BCUT2D eigenvalue weighted by molar-refractivity contribution is 5.93. The lowest BCUT2D eigenvalue weighted by atomic mass is 10.1. The van der Waals surface area contributed by atoms with Crippen molar-refractivity contribution in [3.05, 3.63) is 66.6 Å². The molecule has 0 amide bonds. The average molecular weight is 431 g/mol. The van der Waals surface area contributed by atoms with Gasteiger partial charge in [0.1, 0.15) is 12.4 Å². The lowest BCUT2D eigenvalue weighted by Gasteiger charge is -2.15. The lowest BCUT2D eigenvalue weighted by molar-refractivity contribution is 0.178. The zero-order valence-electron chi connectivity index (χ0n) is 18.5. The van der Waals surface area contributed by atoms with E-state index in [1.807, 2.05) is 68.4 Å². The molecule has 2 heterocycles. The van der Waals surface area contributed by atoms with E-state index in [0.717, 1.165) is 27.8 Å². The highest BCUT2D eigenvalue weighted by Crippen LogP contribution is 2.36. The number of methoxy groups -OCH3 is 1. The molecular weight excluding hydrogens is 404 g/mol. The molecule has 0 unspecified atom stereocenters. The van der Waals surface area contributed by atoms with Crippen LogP contribution in [0.25, 0.3) is 22.2 Å². The summed E-state index contributed by atoms with van der Waals surface area (Å²) in [6.45, 7) is 5.25. The van der Waals surface area contributed by atoms with Crippen molar-refractivity contribution in [2.24, 2.45) is 0 Å². The third-order valence-electron chi connectivity index (χ3n) is 4.77. The molecule has 0 saturated carbocycles. The van der Waals surface area contributed by atoms with Crippen molar-refractivity contribution < 1.29 is 14.2 Å². The molecule has 32 heavy (non-hydrogen) atoms. The van der Waals surface area contributed by atoms with Crippen LogP contribution in [-0.2, 0) is 11.3 Å². The quantitative estimate of drug-likeness (QED) is 0.382. The molecule has 2 aromatic carbocycles. The number of nitrogens with zero attached hydrogens (tertiary/aromatic N) is 3. The zero-order valence-corrected chi connectivity index (χ0v) is 18.5. The number of ether oxygens (including phenoxy) is 3.